The Balaban J connectivity index is 2.73. The molecule has 1 saturated carbocycles. The molecule has 0 atom stereocenters. The van der Waals surface area contributed by atoms with Crippen LogP contribution in [0.25, 0.3) is 0 Å². The smallest absolute Gasteiger partial charge is 0.126 e. The van der Waals surface area contributed by atoms with Gasteiger partial charge in [-0.15, -0.1) is 0 Å². The standard InChI is InChI=1S/C14H20BrNO/c1-8-9(2)13(17-4)11(10(3)12(8)15)14(7-16)5-6-14/h5-7,16H2,1-4H3. The summed E-state index contributed by atoms with van der Waals surface area (Å²) >= 11 is 3.70. The van der Waals surface area contributed by atoms with Gasteiger partial charge in [-0.25, -0.2) is 0 Å². The largest absolute Gasteiger partial charge is 0.496 e. The van der Waals surface area contributed by atoms with Gasteiger partial charge in [0, 0.05) is 22.0 Å². The van der Waals surface area contributed by atoms with Gasteiger partial charge in [0.15, 0.2) is 0 Å². The first-order chi connectivity index (χ1) is 7.98. The van der Waals surface area contributed by atoms with E-state index in [2.05, 4.69) is 36.7 Å². The summed E-state index contributed by atoms with van der Waals surface area (Å²) in [6.07, 6.45) is 2.35. The first kappa shape index (κ1) is 12.9. The topological polar surface area (TPSA) is 35.2 Å². The monoisotopic (exact) mass is 297 g/mol. The highest BCUT2D eigenvalue weighted by Gasteiger charge is 2.46. The van der Waals surface area contributed by atoms with Crippen molar-refractivity contribution in [2.75, 3.05) is 13.7 Å². The molecule has 0 spiro atoms. The molecule has 1 aliphatic carbocycles. The maximum atomic E-state index is 5.96. The fourth-order valence-corrected chi connectivity index (χ4v) is 3.18. The van der Waals surface area contributed by atoms with Gasteiger partial charge in [0.25, 0.3) is 0 Å². The summed E-state index contributed by atoms with van der Waals surface area (Å²) < 4.78 is 6.84. The SMILES string of the molecule is COc1c(C)c(C)c(Br)c(C)c1C1(CN)CC1. The molecule has 0 bridgehead atoms. The minimum Gasteiger partial charge on any atom is -0.496 e. The number of halogens is 1. The quantitative estimate of drug-likeness (QED) is 0.928. The summed E-state index contributed by atoms with van der Waals surface area (Å²) in [5.41, 5.74) is 11.2. The zero-order valence-electron chi connectivity index (χ0n) is 11.0. The van der Waals surface area contributed by atoms with Crippen molar-refractivity contribution < 1.29 is 4.74 Å². The fourth-order valence-electron chi connectivity index (χ4n) is 2.68. The van der Waals surface area contributed by atoms with Crippen molar-refractivity contribution in [1.29, 1.82) is 0 Å². The lowest BCUT2D eigenvalue weighted by molar-refractivity contribution is 0.399. The van der Waals surface area contributed by atoms with Gasteiger partial charge < -0.3 is 10.5 Å². The summed E-state index contributed by atoms with van der Waals surface area (Å²) in [4.78, 5) is 0. The Morgan fingerprint density at radius 1 is 1.18 bits per heavy atom. The third kappa shape index (κ3) is 1.80. The number of rotatable bonds is 3. The molecule has 1 fully saturated rings. The second kappa shape index (κ2) is 4.29. The highest BCUT2D eigenvalue weighted by atomic mass is 79.9. The van der Waals surface area contributed by atoms with E-state index < -0.39 is 0 Å². The molecule has 94 valence electrons. The van der Waals surface area contributed by atoms with Crippen LogP contribution in [0.5, 0.6) is 5.75 Å². The van der Waals surface area contributed by atoms with E-state index in [1.807, 2.05) is 0 Å². The minimum absolute atomic E-state index is 0.163. The van der Waals surface area contributed by atoms with Gasteiger partial charge in [0.2, 0.25) is 0 Å². The zero-order valence-corrected chi connectivity index (χ0v) is 12.6. The van der Waals surface area contributed by atoms with Crippen LogP contribution in [0.2, 0.25) is 0 Å². The van der Waals surface area contributed by atoms with Gasteiger partial charge >= 0.3 is 0 Å². The molecule has 2 nitrogen and oxygen atoms in total. The number of hydrogen-bond acceptors (Lipinski definition) is 2. The maximum absolute atomic E-state index is 5.96. The van der Waals surface area contributed by atoms with Crippen molar-refractivity contribution >= 4 is 15.9 Å². The Bertz CT molecular complexity index is 464. The molecule has 17 heavy (non-hydrogen) atoms. The van der Waals surface area contributed by atoms with E-state index in [4.69, 9.17) is 10.5 Å². The highest BCUT2D eigenvalue weighted by molar-refractivity contribution is 9.10. The molecule has 1 aromatic carbocycles. The van der Waals surface area contributed by atoms with Crippen molar-refractivity contribution in [3.63, 3.8) is 0 Å². The molecule has 0 aromatic heterocycles. The van der Waals surface area contributed by atoms with Gasteiger partial charge in [0.05, 0.1) is 7.11 Å². The van der Waals surface area contributed by atoms with Crippen molar-refractivity contribution in [2.24, 2.45) is 5.73 Å². The Hall–Kier alpha value is -0.540. The predicted molar refractivity (Wildman–Crippen MR) is 74.9 cm³/mol. The molecule has 2 N–H and O–H groups in total. The van der Waals surface area contributed by atoms with Crippen LogP contribution in [-0.2, 0) is 5.41 Å². The summed E-state index contributed by atoms with van der Waals surface area (Å²) in [6.45, 7) is 7.11. The van der Waals surface area contributed by atoms with Crippen LogP contribution in [-0.4, -0.2) is 13.7 Å². The summed E-state index contributed by atoms with van der Waals surface area (Å²) in [6, 6.07) is 0. The van der Waals surface area contributed by atoms with Crippen molar-refractivity contribution in [1.82, 2.24) is 0 Å². The lowest BCUT2D eigenvalue weighted by Gasteiger charge is -2.24. The Morgan fingerprint density at radius 3 is 2.18 bits per heavy atom. The zero-order chi connectivity index (χ0) is 12.8. The van der Waals surface area contributed by atoms with Gasteiger partial charge in [-0.3, -0.25) is 0 Å². The molecule has 0 unspecified atom stereocenters. The van der Waals surface area contributed by atoms with Crippen LogP contribution in [0.4, 0.5) is 0 Å². The van der Waals surface area contributed by atoms with Crippen LogP contribution in [0.1, 0.15) is 35.1 Å². The molecule has 0 aliphatic heterocycles. The van der Waals surface area contributed by atoms with Gasteiger partial charge in [-0.05, 0) is 50.3 Å². The number of hydrogen-bond donors (Lipinski definition) is 1. The summed E-state index contributed by atoms with van der Waals surface area (Å²) in [5, 5.41) is 0. The molecule has 2 rings (SSSR count). The summed E-state index contributed by atoms with van der Waals surface area (Å²) in [5.74, 6) is 1.03. The van der Waals surface area contributed by atoms with Gasteiger partial charge in [-0.2, -0.15) is 0 Å². The normalized spacial score (nSPS) is 17.1. The maximum Gasteiger partial charge on any atom is 0.126 e. The van der Waals surface area contributed by atoms with Crippen molar-refractivity contribution in [3.05, 3.63) is 26.7 Å². The molecule has 0 saturated heterocycles. The van der Waals surface area contributed by atoms with E-state index in [-0.39, 0.29) is 5.41 Å². The number of methoxy groups -OCH3 is 1. The number of nitrogens with two attached hydrogens (primary N) is 1. The lowest BCUT2D eigenvalue weighted by atomic mass is 9.87. The Kier molecular flexibility index (Phi) is 3.25. The molecular weight excluding hydrogens is 278 g/mol. The van der Waals surface area contributed by atoms with E-state index in [9.17, 15) is 0 Å². The second-order valence-electron chi connectivity index (χ2n) is 5.08. The van der Waals surface area contributed by atoms with E-state index >= 15 is 0 Å². The van der Waals surface area contributed by atoms with E-state index in [1.165, 1.54) is 39.6 Å². The molecule has 0 heterocycles. The third-order valence-corrected chi connectivity index (χ3v) is 5.33. The van der Waals surface area contributed by atoms with Crippen LogP contribution < -0.4 is 10.5 Å². The van der Waals surface area contributed by atoms with E-state index in [0.29, 0.717) is 6.54 Å². The Labute approximate surface area is 112 Å². The van der Waals surface area contributed by atoms with Crippen LogP contribution in [0.15, 0.2) is 4.47 Å². The predicted octanol–water partition coefficient (Wildman–Crippen LogP) is 3.37. The summed E-state index contributed by atoms with van der Waals surface area (Å²) in [7, 11) is 1.76. The van der Waals surface area contributed by atoms with E-state index in [0.717, 1.165) is 5.75 Å². The number of benzene rings is 1. The number of ether oxygens (including phenoxy) is 1. The average molecular weight is 298 g/mol. The molecule has 1 aromatic rings. The fraction of sp³-hybridized carbons (Fsp3) is 0.571. The molecular formula is C14H20BrNO. The Morgan fingerprint density at radius 2 is 1.76 bits per heavy atom. The average Bonchev–Trinajstić information content (AvgIpc) is 3.11. The van der Waals surface area contributed by atoms with Gasteiger partial charge in [0.1, 0.15) is 5.75 Å². The molecule has 3 heteroatoms. The second-order valence-corrected chi connectivity index (χ2v) is 5.87. The molecule has 0 radical (unpaired) electrons. The lowest BCUT2D eigenvalue weighted by Crippen LogP contribution is -2.22. The molecule has 1 aliphatic rings. The van der Waals surface area contributed by atoms with Crippen molar-refractivity contribution in [2.45, 2.75) is 39.0 Å². The molecule has 0 amide bonds. The van der Waals surface area contributed by atoms with Crippen LogP contribution in [0.3, 0.4) is 0 Å². The van der Waals surface area contributed by atoms with Crippen molar-refractivity contribution in [3.8, 4) is 5.75 Å². The van der Waals surface area contributed by atoms with Gasteiger partial charge in [-0.1, -0.05) is 15.9 Å². The van der Waals surface area contributed by atoms with Crippen LogP contribution >= 0.6 is 15.9 Å². The van der Waals surface area contributed by atoms with E-state index in [1.54, 1.807) is 7.11 Å². The first-order valence-corrected chi connectivity index (χ1v) is 6.81. The first-order valence-electron chi connectivity index (χ1n) is 6.02. The minimum atomic E-state index is 0.163. The van der Waals surface area contributed by atoms with Crippen LogP contribution in [0, 0.1) is 20.8 Å². The third-order valence-electron chi connectivity index (χ3n) is 4.14. The highest BCUT2D eigenvalue weighted by Crippen LogP contribution is 2.54.